The Morgan fingerprint density at radius 3 is 2.00 bits per heavy atom. The van der Waals surface area contributed by atoms with E-state index < -0.39 is 30.3 Å². The van der Waals surface area contributed by atoms with E-state index in [0.29, 0.717) is 21.2 Å². The first-order valence-electron chi connectivity index (χ1n) is 9.40. The van der Waals surface area contributed by atoms with Gasteiger partial charge >= 0.3 is 11.9 Å². The summed E-state index contributed by atoms with van der Waals surface area (Å²) in [6.07, 6.45) is -2.01. The van der Waals surface area contributed by atoms with Gasteiger partial charge in [0.25, 0.3) is 0 Å². The molecule has 0 spiro atoms. The first kappa shape index (κ1) is 23.7. The Morgan fingerprint density at radius 2 is 1.50 bits per heavy atom. The van der Waals surface area contributed by atoms with Crippen LogP contribution in [0.2, 0.25) is 10.0 Å². The molecule has 0 radical (unpaired) electrons. The van der Waals surface area contributed by atoms with Crippen LogP contribution in [0, 0.1) is 11.3 Å². The quantitative estimate of drug-likeness (QED) is 0.591. The lowest BCUT2D eigenvalue weighted by atomic mass is 10.1. The molecule has 158 valence electrons. The first-order chi connectivity index (χ1) is 14.5. The number of halogens is 2. The summed E-state index contributed by atoms with van der Waals surface area (Å²) in [5, 5.41) is 10.1. The van der Waals surface area contributed by atoms with Gasteiger partial charge in [-0.1, -0.05) is 37.0 Å². The van der Waals surface area contributed by atoms with Crippen molar-refractivity contribution in [2.75, 3.05) is 6.61 Å². The Labute approximate surface area is 185 Å². The molecular formula is C22H21Cl2NO5. The zero-order valence-corrected chi connectivity index (χ0v) is 18.0. The lowest BCUT2D eigenvalue weighted by Gasteiger charge is -2.19. The number of nitrogens with zero attached hydrogens (tertiary/aromatic N) is 1. The fourth-order valence-corrected chi connectivity index (χ4v) is 2.94. The third-order valence-corrected chi connectivity index (χ3v) is 4.65. The molecule has 8 heteroatoms. The second kappa shape index (κ2) is 11.6. The Bertz CT molecular complexity index is 893. The van der Waals surface area contributed by atoms with Gasteiger partial charge < -0.3 is 14.2 Å². The topological polar surface area (TPSA) is 85.6 Å². The van der Waals surface area contributed by atoms with Gasteiger partial charge in [0, 0.05) is 16.5 Å². The van der Waals surface area contributed by atoms with Crippen LogP contribution in [0.3, 0.4) is 0 Å². The Morgan fingerprint density at radius 1 is 1.00 bits per heavy atom. The molecule has 1 aliphatic heterocycles. The number of rotatable bonds is 5. The molecule has 1 heterocycles. The SMILES string of the molecule is CC.N#CC1CC(OC(=O)c2ccc(Cl)cc2)C(COC(=O)c2ccc(Cl)cc2)O1. The molecule has 2 aromatic carbocycles. The van der Waals surface area contributed by atoms with Crippen molar-refractivity contribution in [1.82, 2.24) is 0 Å². The van der Waals surface area contributed by atoms with Crippen molar-refractivity contribution in [2.45, 2.75) is 38.6 Å². The number of hydrogen-bond acceptors (Lipinski definition) is 6. The van der Waals surface area contributed by atoms with E-state index in [-0.39, 0.29) is 13.0 Å². The molecule has 1 fully saturated rings. The highest BCUT2D eigenvalue weighted by molar-refractivity contribution is 6.30. The van der Waals surface area contributed by atoms with Crippen LogP contribution in [0.5, 0.6) is 0 Å². The molecule has 0 saturated carbocycles. The summed E-state index contributed by atoms with van der Waals surface area (Å²) in [6, 6.07) is 14.4. The maximum Gasteiger partial charge on any atom is 0.338 e. The number of esters is 2. The Balaban J connectivity index is 0.00000155. The second-order valence-electron chi connectivity index (χ2n) is 6.08. The number of nitriles is 1. The van der Waals surface area contributed by atoms with Crippen molar-refractivity contribution in [3.63, 3.8) is 0 Å². The summed E-state index contributed by atoms with van der Waals surface area (Å²) in [5.74, 6) is -1.14. The minimum Gasteiger partial charge on any atom is -0.459 e. The fraction of sp³-hybridized carbons (Fsp3) is 0.318. The second-order valence-corrected chi connectivity index (χ2v) is 6.96. The van der Waals surface area contributed by atoms with Gasteiger partial charge in [0.2, 0.25) is 0 Å². The highest BCUT2D eigenvalue weighted by Gasteiger charge is 2.39. The number of hydrogen-bond donors (Lipinski definition) is 0. The molecule has 0 amide bonds. The lowest BCUT2D eigenvalue weighted by molar-refractivity contribution is -0.0349. The highest BCUT2D eigenvalue weighted by atomic mass is 35.5. The maximum atomic E-state index is 12.3. The third-order valence-electron chi connectivity index (χ3n) is 4.14. The van der Waals surface area contributed by atoms with Crippen LogP contribution in [0.1, 0.15) is 41.0 Å². The van der Waals surface area contributed by atoms with Crippen molar-refractivity contribution in [1.29, 1.82) is 5.26 Å². The lowest BCUT2D eigenvalue weighted by Crippen LogP contribution is -2.32. The van der Waals surface area contributed by atoms with Gasteiger partial charge in [-0.3, -0.25) is 0 Å². The van der Waals surface area contributed by atoms with E-state index in [1.807, 2.05) is 19.9 Å². The van der Waals surface area contributed by atoms with Crippen molar-refractivity contribution in [3.05, 3.63) is 69.7 Å². The molecule has 6 nitrogen and oxygen atoms in total. The summed E-state index contributed by atoms with van der Waals surface area (Å²) in [4.78, 5) is 24.5. The maximum absolute atomic E-state index is 12.3. The van der Waals surface area contributed by atoms with E-state index in [4.69, 9.17) is 42.7 Å². The number of ether oxygens (including phenoxy) is 3. The zero-order valence-electron chi connectivity index (χ0n) is 16.5. The monoisotopic (exact) mass is 449 g/mol. The summed E-state index contributed by atoms with van der Waals surface area (Å²) in [5.41, 5.74) is 0.649. The van der Waals surface area contributed by atoms with Gasteiger partial charge in [0.1, 0.15) is 24.9 Å². The van der Waals surface area contributed by atoms with E-state index in [1.54, 1.807) is 24.3 Å². The van der Waals surface area contributed by atoms with E-state index in [1.165, 1.54) is 24.3 Å². The number of carbonyl (C=O) groups is 2. The van der Waals surface area contributed by atoms with E-state index in [2.05, 4.69) is 0 Å². The molecule has 3 rings (SSSR count). The van der Waals surface area contributed by atoms with Crippen LogP contribution in [0.4, 0.5) is 0 Å². The molecule has 1 aliphatic rings. The van der Waals surface area contributed by atoms with Crippen molar-refractivity contribution < 1.29 is 23.8 Å². The van der Waals surface area contributed by atoms with E-state index >= 15 is 0 Å². The van der Waals surface area contributed by atoms with Gasteiger partial charge in [0.05, 0.1) is 17.2 Å². The van der Waals surface area contributed by atoms with Gasteiger partial charge in [-0.2, -0.15) is 5.26 Å². The molecule has 3 unspecified atom stereocenters. The Hall–Kier alpha value is -2.59. The summed E-state index contributed by atoms with van der Waals surface area (Å²) in [7, 11) is 0. The number of benzene rings is 2. The molecule has 2 aromatic rings. The minimum atomic E-state index is -0.748. The summed E-state index contributed by atoms with van der Waals surface area (Å²) in [6.45, 7) is 3.85. The van der Waals surface area contributed by atoms with Gasteiger partial charge in [-0.05, 0) is 48.5 Å². The predicted molar refractivity (Wildman–Crippen MR) is 113 cm³/mol. The first-order valence-corrected chi connectivity index (χ1v) is 10.2. The van der Waals surface area contributed by atoms with E-state index in [0.717, 1.165) is 0 Å². The molecule has 0 aromatic heterocycles. The molecule has 30 heavy (non-hydrogen) atoms. The van der Waals surface area contributed by atoms with Crippen LogP contribution in [-0.4, -0.2) is 36.9 Å². The average molecular weight is 450 g/mol. The molecular weight excluding hydrogens is 429 g/mol. The third kappa shape index (κ3) is 6.46. The summed E-state index contributed by atoms with van der Waals surface area (Å²) < 4.78 is 16.2. The van der Waals surface area contributed by atoms with Crippen molar-refractivity contribution in [2.24, 2.45) is 0 Å². The number of carbonyl (C=O) groups excluding carboxylic acids is 2. The zero-order chi connectivity index (χ0) is 22.1. The molecule has 3 atom stereocenters. The standard InChI is InChI=1S/C20H15Cl2NO5.C2H6/c21-14-5-1-12(2-6-14)19(24)26-11-18-17(9-16(10-23)27-18)28-20(25)13-3-7-15(22)8-4-13;1-2/h1-8,16-18H,9,11H2;1-2H3. The average Bonchev–Trinajstić information content (AvgIpc) is 3.16. The van der Waals surface area contributed by atoms with Crippen molar-refractivity contribution >= 4 is 35.1 Å². The van der Waals surface area contributed by atoms with Crippen LogP contribution in [-0.2, 0) is 14.2 Å². The highest BCUT2D eigenvalue weighted by Crippen LogP contribution is 2.25. The van der Waals surface area contributed by atoms with E-state index in [9.17, 15) is 9.59 Å². The normalized spacial score (nSPS) is 19.8. The molecule has 0 aliphatic carbocycles. The van der Waals surface area contributed by atoms with Gasteiger partial charge in [-0.15, -0.1) is 0 Å². The molecule has 0 N–H and O–H groups in total. The van der Waals surface area contributed by atoms with Crippen molar-refractivity contribution in [3.8, 4) is 6.07 Å². The van der Waals surface area contributed by atoms with Gasteiger partial charge in [-0.25, -0.2) is 9.59 Å². The predicted octanol–water partition coefficient (Wildman–Crippen LogP) is 5.08. The van der Waals surface area contributed by atoms with Gasteiger partial charge in [0.15, 0.2) is 0 Å². The molecule has 0 bridgehead atoms. The molecule has 1 saturated heterocycles. The van der Waals surface area contributed by atoms with Crippen LogP contribution >= 0.6 is 23.2 Å². The van der Waals surface area contributed by atoms with Crippen LogP contribution < -0.4 is 0 Å². The van der Waals surface area contributed by atoms with Crippen LogP contribution in [0.15, 0.2) is 48.5 Å². The fourth-order valence-electron chi connectivity index (χ4n) is 2.69. The van der Waals surface area contributed by atoms with Crippen LogP contribution in [0.25, 0.3) is 0 Å². The Kier molecular flexibility index (Phi) is 9.13. The largest absolute Gasteiger partial charge is 0.459 e. The smallest absolute Gasteiger partial charge is 0.338 e. The minimum absolute atomic E-state index is 0.155. The summed E-state index contributed by atoms with van der Waals surface area (Å²) >= 11 is 11.6.